The summed E-state index contributed by atoms with van der Waals surface area (Å²) >= 11 is 5.81. The van der Waals surface area contributed by atoms with Gasteiger partial charge in [0.2, 0.25) is 5.91 Å². The number of Topliss-reactive ketones (excluding diaryl/α,β-unsaturated/α-hetero) is 1. The third-order valence-electron chi connectivity index (χ3n) is 3.74. The van der Waals surface area contributed by atoms with Crippen LogP contribution in [0.15, 0.2) is 36.5 Å². The standard InChI is InChI=1S/C19H18ClF3N2O3/c1-2-18(27)25-17-10-12(7-8-24-17)15(26)4-3-9-28-16-6-5-13(11-14(16)20)19(21,22)23/h5-8,10-11H,2-4,9H2,1H3,(H,24,25,27). The molecule has 5 nitrogen and oxygen atoms in total. The van der Waals surface area contributed by atoms with E-state index in [0.717, 1.165) is 18.2 Å². The monoisotopic (exact) mass is 414 g/mol. The molecule has 9 heteroatoms. The first-order valence-electron chi connectivity index (χ1n) is 8.49. The van der Waals surface area contributed by atoms with Gasteiger partial charge in [-0.2, -0.15) is 13.2 Å². The van der Waals surface area contributed by atoms with Gasteiger partial charge in [0.1, 0.15) is 11.6 Å². The number of ether oxygens (including phenoxy) is 1. The molecule has 0 spiro atoms. The Morgan fingerprint density at radius 3 is 2.61 bits per heavy atom. The molecule has 0 saturated carbocycles. The maximum Gasteiger partial charge on any atom is 0.416 e. The van der Waals surface area contributed by atoms with Gasteiger partial charge >= 0.3 is 6.18 Å². The van der Waals surface area contributed by atoms with Gasteiger partial charge in [0.15, 0.2) is 5.78 Å². The zero-order valence-corrected chi connectivity index (χ0v) is 15.7. The fraction of sp³-hybridized carbons (Fsp3) is 0.316. The van der Waals surface area contributed by atoms with Crippen molar-refractivity contribution in [1.29, 1.82) is 0 Å². The smallest absolute Gasteiger partial charge is 0.416 e. The number of amides is 1. The molecular weight excluding hydrogens is 397 g/mol. The summed E-state index contributed by atoms with van der Waals surface area (Å²) in [6.45, 7) is 1.81. The van der Waals surface area contributed by atoms with E-state index in [0.29, 0.717) is 24.2 Å². The third kappa shape index (κ3) is 6.23. The molecule has 1 aromatic carbocycles. The van der Waals surface area contributed by atoms with Gasteiger partial charge in [0.25, 0.3) is 0 Å². The Balaban J connectivity index is 1.86. The van der Waals surface area contributed by atoms with Gasteiger partial charge in [-0.1, -0.05) is 18.5 Å². The number of hydrogen-bond acceptors (Lipinski definition) is 4. The number of ketones is 1. The van der Waals surface area contributed by atoms with Gasteiger partial charge in [0, 0.05) is 24.6 Å². The zero-order valence-electron chi connectivity index (χ0n) is 15.0. The number of aromatic nitrogens is 1. The fourth-order valence-electron chi connectivity index (χ4n) is 2.26. The number of alkyl halides is 3. The number of benzene rings is 1. The number of anilines is 1. The van der Waals surface area contributed by atoms with Crippen LogP contribution in [-0.2, 0) is 11.0 Å². The van der Waals surface area contributed by atoms with E-state index in [4.69, 9.17) is 16.3 Å². The number of nitrogens with one attached hydrogen (secondary N) is 1. The van der Waals surface area contributed by atoms with Crippen molar-refractivity contribution in [2.45, 2.75) is 32.4 Å². The predicted molar refractivity (Wildman–Crippen MR) is 98.7 cm³/mol. The minimum atomic E-state index is -4.48. The topological polar surface area (TPSA) is 68.3 Å². The average Bonchev–Trinajstić information content (AvgIpc) is 2.65. The van der Waals surface area contributed by atoms with Crippen molar-refractivity contribution < 1.29 is 27.5 Å². The highest BCUT2D eigenvalue weighted by molar-refractivity contribution is 6.32. The van der Waals surface area contributed by atoms with Crippen molar-refractivity contribution in [1.82, 2.24) is 4.98 Å². The van der Waals surface area contributed by atoms with Crippen LogP contribution in [0.2, 0.25) is 5.02 Å². The van der Waals surface area contributed by atoms with E-state index in [-0.39, 0.29) is 35.5 Å². The first kappa shape index (κ1) is 21.7. The molecule has 28 heavy (non-hydrogen) atoms. The molecular formula is C19H18ClF3N2O3. The zero-order chi connectivity index (χ0) is 20.7. The Kier molecular flexibility index (Phi) is 7.39. The molecule has 0 atom stereocenters. The van der Waals surface area contributed by atoms with Gasteiger partial charge in [-0.15, -0.1) is 0 Å². The van der Waals surface area contributed by atoms with Gasteiger partial charge in [0.05, 0.1) is 17.2 Å². The van der Waals surface area contributed by atoms with Crippen molar-refractivity contribution in [3.8, 4) is 5.75 Å². The van der Waals surface area contributed by atoms with E-state index in [1.54, 1.807) is 6.92 Å². The Labute approximate surface area is 164 Å². The second-order valence-corrected chi connectivity index (χ2v) is 6.26. The highest BCUT2D eigenvalue weighted by Gasteiger charge is 2.31. The maximum absolute atomic E-state index is 12.6. The molecule has 0 unspecified atom stereocenters. The Hall–Kier alpha value is -2.61. The molecule has 1 aromatic heterocycles. The van der Waals surface area contributed by atoms with E-state index >= 15 is 0 Å². The van der Waals surface area contributed by atoms with Crippen LogP contribution < -0.4 is 10.1 Å². The number of pyridine rings is 1. The molecule has 1 N–H and O–H groups in total. The largest absolute Gasteiger partial charge is 0.492 e. The molecule has 0 radical (unpaired) electrons. The van der Waals surface area contributed by atoms with Gasteiger partial charge in [-0.25, -0.2) is 4.98 Å². The highest BCUT2D eigenvalue weighted by Crippen LogP contribution is 2.34. The molecule has 1 heterocycles. The molecule has 0 aliphatic carbocycles. The van der Waals surface area contributed by atoms with E-state index in [9.17, 15) is 22.8 Å². The summed E-state index contributed by atoms with van der Waals surface area (Å²) in [7, 11) is 0. The number of rotatable bonds is 8. The summed E-state index contributed by atoms with van der Waals surface area (Å²) in [5, 5.41) is 2.43. The minimum absolute atomic E-state index is 0.112. The van der Waals surface area contributed by atoms with Crippen LogP contribution in [0.5, 0.6) is 5.75 Å². The summed E-state index contributed by atoms with van der Waals surface area (Å²) in [4.78, 5) is 27.6. The maximum atomic E-state index is 12.6. The quantitative estimate of drug-likeness (QED) is 0.479. The lowest BCUT2D eigenvalue weighted by atomic mass is 10.1. The molecule has 150 valence electrons. The van der Waals surface area contributed by atoms with Crippen LogP contribution in [0.3, 0.4) is 0 Å². The molecule has 0 aliphatic heterocycles. The second-order valence-electron chi connectivity index (χ2n) is 5.85. The van der Waals surface area contributed by atoms with Gasteiger partial charge < -0.3 is 10.1 Å². The van der Waals surface area contributed by atoms with Crippen LogP contribution in [-0.4, -0.2) is 23.3 Å². The molecule has 0 saturated heterocycles. The van der Waals surface area contributed by atoms with E-state index in [2.05, 4.69) is 10.3 Å². The first-order chi connectivity index (χ1) is 13.2. The average molecular weight is 415 g/mol. The normalized spacial score (nSPS) is 11.2. The van der Waals surface area contributed by atoms with E-state index < -0.39 is 11.7 Å². The van der Waals surface area contributed by atoms with Gasteiger partial charge in [-0.3, -0.25) is 9.59 Å². The number of carbonyl (C=O) groups excluding carboxylic acids is 2. The lowest BCUT2D eigenvalue weighted by Gasteiger charge is -2.11. The van der Waals surface area contributed by atoms with Crippen molar-refractivity contribution >= 4 is 29.1 Å². The van der Waals surface area contributed by atoms with E-state index in [1.165, 1.54) is 18.3 Å². The van der Waals surface area contributed by atoms with Crippen LogP contribution >= 0.6 is 11.6 Å². The fourth-order valence-corrected chi connectivity index (χ4v) is 2.49. The summed E-state index contributed by atoms with van der Waals surface area (Å²) < 4.78 is 43.2. The number of hydrogen-bond donors (Lipinski definition) is 1. The molecule has 1 amide bonds. The van der Waals surface area contributed by atoms with Crippen LogP contribution in [0.1, 0.15) is 42.1 Å². The molecule has 0 aliphatic rings. The van der Waals surface area contributed by atoms with Crippen LogP contribution in [0, 0.1) is 0 Å². The third-order valence-corrected chi connectivity index (χ3v) is 4.03. The Morgan fingerprint density at radius 1 is 1.21 bits per heavy atom. The Bertz CT molecular complexity index is 857. The minimum Gasteiger partial charge on any atom is -0.492 e. The van der Waals surface area contributed by atoms with E-state index in [1.807, 2.05) is 0 Å². The lowest BCUT2D eigenvalue weighted by Crippen LogP contribution is -2.11. The highest BCUT2D eigenvalue weighted by atomic mass is 35.5. The van der Waals surface area contributed by atoms with Crippen LogP contribution in [0.25, 0.3) is 0 Å². The summed E-state index contributed by atoms with van der Waals surface area (Å²) in [5.74, 6) is 0.0384. The van der Waals surface area contributed by atoms with Crippen LogP contribution in [0.4, 0.5) is 19.0 Å². The Morgan fingerprint density at radius 2 is 1.96 bits per heavy atom. The first-order valence-corrected chi connectivity index (χ1v) is 8.87. The molecule has 0 bridgehead atoms. The van der Waals surface area contributed by atoms with Gasteiger partial charge in [-0.05, 0) is 36.8 Å². The summed E-state index contributed by atoms with van der Waals surface area (Å²) in [5.41, 5.74) is -0.461. The summed E-state index contributed by atoms with van der Waals surface area (Å²) in [6.07, 6.45) is -2.26. The van der Waals surface area contributed by atoms with Crippen molar-refractivity contribution in [2.24, 2.45) is 0 Å². The molecule has 2 aromatic rings. The predicted octanol–water partition coefficient (Wildman–Crippen LogP) is 5.14. The lowest BCUT2D eigenvalue weighted by molar-refractivity contribution is -0.137. The SMILES string of the molecule is CCC(=O)Nc1cc(C(=O)CCCOc2ccc(C(F)(F)F)cc2Cl)ccn1. The molecule has 0 fully saturated rings. The van der Waals surface area contributed by atoms with Crippen molar-refractivity contribution in [2.75, 3.05) is 11.9 Å². The van der Waals surface area contributed by atoms with Crippen molar-refractivity contribution in [3.05, 3.63) is 52.7 Å². The number of nitrogens with zero attached hydrogens (tertiary/aromatic N) is 1. The number of halogens is 4. The number of carbonyl (C=O) groups is 2. The molecule has 2 rings (SSSR count). The van der Waals surface area contributed by atoms with Crippen molar-refractivity contribution in [3.63, 3.8) is 0 Å². The summed E-state index contributed by atoms with van der Waals surface area (Å²) in [6, 6.07) is 5.86. The second kappa shape index (κ2) is 9.54.